The molecule has 0 radical (unpaired) electrons. The number of aromatic hydroxyl groups is 1. The Morgan fingerprint density at radius 2 is 2.06 bits per heavy atom. The first-order chi connectivity index (χ1) is 8.56. The van der Waals surface area contributed by atoms with E-state index in [9.17, 15) is 14.7 Å². The first-order valence-electron chi connectivity index (χ1n) is 5.33. The molecule has 2 N–H and O–H groups in total. The molecule has 5 nitrogen and oxygen atoms in total. The number of carbonyl (C=O) groups is 1. The first kappa shape index (κ1) is 11.9. The third-order valence-corrected chi connectivity index (χ3v) is 2.47. The second kappa shape index (κ2) is 4.75. The van der Waals surface area contributed by atoms with Crippen LogP contribution >= 0.6 is 0 Å². The van der Waals surface area contributed by atoms with Crippen LogP contribution in [0.15, 0.2) is 47.4 Å². The fourth-order valence-corrected chi connectivity index (χ4v) is 1.48. The van der Waals surface area contributed by atoms with Gasteiger partial charge in [-0.1, -0.05) is 6.07 Å². The highest BCUT2D eigenvalue weighted by Crippen LogP contribution is 2.15. The van der Waals surface area contributed by atoms with Crippen LogP contribution in [0, 0.1) is 0 Å². The maximum absolute atomic E-state index is 11.8. The maximum Gasteiger partial charge on any atom is 0.255 e. The van der Waals surface area contributed by atoms with E-state index in [1.165, 1.54) is 29.0 Å². The van der Waals surface area contributed by atoms with Crippen molar-refractivity contribution in [3.63, 3.8) is 0 Å². The molecule has 0 atom stereocenters. The lowest BCUT2D eigenvalue weighted by atomic mass is 10.2. The Hall–Kier alpha value is -2.56. The van der Waals surface area contributed by atoms with Crippen molar-refractivity contribution in [1.29, 1.82) is 0 Å². The minimum atomic E-state index is -0.390. The van der Waals surface area contributed by atoms with Crippen LogP contribution in [-0.2, 0) is 7.05 Å². The third kappa shape index (κ3) is 2.57. The third-order valence-electron chi connectivity index (χ3n) is 2.47. The molecule has 2 rings (SSSR count). The number of hydrogen-bond acceptors (Lipinski definition) is 3. The topological polar surface area (TPSA) is 71.3 Å². The van der Waals surface area contributed by atoms with Gasteiger partial charge in [-0.05, 0) is 18.2 Å². The number of benzene rings is 1. The average molecular weight is 244 g/mol. The highest BCUT2D eigenvalue weighted by atomic mass is 16.3. The van der Waals surface area contributed by atoms with Gasteiger partial charge < -0.3 is 15.0 Å². The molecule has 0 bridgehead atoms. The summed E-state index contributed by atoms with van der Waals surface area (Å²) < 4.78 is 1.38. The molecular weight excluding hydrogens is 232 g/mol. The summed E-state index contributed by atoms with van der Waals surface area (Å²) >= 11 is 0. The molecule has 1 amide bonds. The number of nitrogens with one attached hydrogen (secondary N) is 1. The minimum Gasteiger partial charge on any atom is -0.508 e. The van der Waals surface area contributed by atoms with Crippen LogP contribution in [0.4, 0.5) is 5.69 Å². The summed E-state index contributed by atoms with van der Waals surface area (Å²) in [5.41, 5.74) is 0.501. The zero-order chi connectivity index (χ0) is 13.1. The van der Waals surface area contributed by atoms with Gasteiger partial charge in [0.05, 0.1) is 0 Å². The van der Waals surface area contributed by atoms with Crippen LogP contribution in [0.25, 0.3) is 0 Å². The van der Waals surface area contributed by atoms with Crippen molar-refractivity contribution in [1.82, 2.24) is 4.57 Å². The van der Waals surface area contributed by atoms with Crippen LogP contribution in [0.2, 0.25) is 0 Å². The van der Waals surface area contributed by atoms with Crippen molar-refractivity contribution in [2.45, 2.75) is 0 Å². The second-order valence-corrected chi connectivity index (χ2v) is 3.87. The summed E-state index contributed by atoms with van der Waals surface area (Å²) in [6.07, 6.45) is 1.53. The number of nitrogens with zero attached hydrogens (tertiary/aromatic N) is 1. The molecule has 0 saturated carbocycles. The number of aromatic nitrogens is 1. The number of pyridine rings is 1. The van der Waals surface area contributed by atoms with Crippen LogP contribution in [0.5, 0.6) is 5.75 Å². The van der Waals surface area contributed by atoms with Gasteiger partial charge in [0.25, 0.3) is 11.5 Å². The second-order valence-electron chi connectivity index (χ2n) is 3.87. The largest absolute Gasteiger partial charge is 0.508 e. The molecule has 2 aromatic rings. The summed E-state index contributed by atoms with van der Waals surface area (Å²) in [7, 11) is 1.61. The molecule has 5 heteroatoms. The van der Waals surface area contributed by atoms with Gasteiger partial charge in [0.1, 0.15) is 5.75 Å². The predicted octanol–water partition coefficient (Wildman–Crippen LogP) is 1.34. The zero-order valence-electron chi connectivity index (χ0n) is 9.75. The molecule has 0 saturated heterocycles. The molecule has 0 spiro atoms. The summed E-state index contributed by atoms with van der Waals surface area (Å²) in [5.74, 6) is -0.324. The Kier molecular flexibility index (Phi) is 3.14. The fourth-order valence-electron chi connectivity index (χ4n) is 1.48. The molecule has 92 valence electrons. The summed E-state index contributed by atoms with van der Waals surface area (Å²) in [5, 5.41) is 11.9. The smallest absolute Gasteiger partial charge is 0.255 e. The molecule has 0 unspecified atom stereocenters. The molecule has 1 aromatic carbocycles. The molecule has 18 heavy (non-hydrogen) atoms. The van der Waals surface area contributed by atoms with Gasteiger partial charge >= 0.3 is 0 Å². The molecule has 0 aliphatic rings. The van der Waals surface area contributed by atoms with Crippen molar-refractivity contribution in [3.05, 3.63) is 58.5 Å². The van der Waals surface area contributed by atoms with E-state index in [4.69, 9.17) is 0 Å². The number of aryl methyl sites for hydroxylation is 1. The van der Waals surface area contributed by atoms with Crippen molar-refractivity contribution in [2.75, 3.05) is 5.32 Å². The molecule has 0 fully saturated rings. The van der Waals surface area contributed by atoms with Gasteiger partial charge in [0.2, 0.25) is 0 Å². The minimum absolute atomic E-state index is 0.0665. The Morgan fingerprint density at radius 3 is 2.72 bits per heavy atom. The number of anilines is 1. The van der Waals surface area contributed by atoms with Gasteiger partial charge in [-0.3, -0.25) is 9.59 Å². The molecule has 0 aliphatic carbocycles. The van der Waals surface area contributed by atoms with E-state index >= 15 is 0 Å². The van der Waals surface area contributed by atoms with Gasteiger partial charge in [-0.25, -0.2) is 0 Å². The lowest BCUT2D eigenvalue weighted by Gasteiger charge is -2.05. The SMILES string of the molecule is Cn1ccc(C(=O)Nc2cccc(O)c2)cc1=O. The fraction of sp³-hybridized carbons (Fsp3) is 0.0769. The van der Waals surface area contributed by atoms with E-state index in [-0.39, 0.29) is 16.9 Å². The number of rotatable bonds is 2. The molecular formula is C13H12N2O3. The maximum atomic E-state index is 11.8. The van der Waals surface area contributed by atoms with Crippen molar-refractivity contribution >= 4 is 11.6 Å². The summed E-state index contributed by atoms with van der Waals surface area (Å²) in [6.45, 7) is 0. The highest BCUT2D eigenvalue weighted by molar-refractivity contribution is 6.04. The Balaban J connectivity index is 2.22. The molecule has 1 heterocycles. The predicted molar refractivity (Wildman–Crippen MR) is 67.7 cm³/mol. The Labute approximate surface area is 103 Å². The summed E-state index contributed by atoms with van der Waals surface area (Å²) in [6, 6.07) is 9.03. The molecule has 1 aromatic heterocycles. The van der Waals surface area contributed by atoms with Crippen molar-refractivity contribution in [2.24, 2.45) is 7.05 Å². The van der Waals surface area contributed by atoms with Crippen molar-refractivity contribution in [3.8, 4) is 5.75 Å². The van der Waals surface area contributed by atoms with Crippen LogP contribution in [0.3, 0.4) is 0 Å². The van der Waals surface area contributed by atoms with E-state index < -0.39 is 5.91 Å². The lowest BCUT2D eigenvalue weighted by molar-refractivity contribution is 0.102. The van der Waals surface area contributed by atoms with E-state index in [1.54, 1.807) is 25.2 Å². The van der Waals surface area contributed by atoms with Gasteiger partial charge in [-0.15, -0.1) is 0 Å². The monoisotopic (exact) mass is 244 g/mol. The van der Waals surface area contributed by atoms with E-state index in [2.05, 4.69) is 5.32 Å². The van der Waals surface area contributed by atoms with Crippen LogP contribution in [-0.4, -0.2) is 15.6 Å². The number of phenolic OH excluding ortho intramolecular Hbond substituents is 1. The highest BCUT2D eigenvalue weighted by Gasteiger charge is 2.07. The number of phenols is 1. The molecule has 0 aliphatic heterocycles. The number of carbonyl (C=O) groups excluding carboxylic acids is 1. The normalized spacial score (nSPS) is 10.1. The number of hydrogen-bond donors (Lipinski definition) is 2. The first-order valence-corrected chi connectivity index (χ1v) is 5.33. The van der Waals surface area contributed by atoms with E-state index in [0.717, 1.165) is 0 Å². The van der Waals surface area contributed by atoms with Gasteiger partial charge in [0.15, 0.2) is 0 Å². The van der Waals surface area contributed by atoms with Crippen molar-refractivity contribution < 1.29 is 9.90 Å². The quantitative estimate of drug-likeness (QED) is 0.837. The lowest BCUT2D eigenvalue weighted by Crippen LogP contribution is -2.19. The van der Waals surface area contributed by atoms with E-state index in [1.807, 2.05) is 0 Å². The Morgan fingerprint density at radius 1 is 1.28 bits per heavy atom. The zero-order valence-corrected chi connectivity index (χ0v) is 9.75. The Bertz CT molecular complexity index is 647. The van der Waals surface area contributed by atoms with E-state index in [0.29, 0.717) is 5.69 Å². The average Bonchev–Trinajstić information content (AvgIpc) is 2.32. The van der Waals surface area contributed by atoms with Gasteiger partial charge in [-0.2, -0.15) is 0 Å². The number of amides is 1. The van der Waals surface area contributed by atoms with Gasteiger partial charge in [0, 0.05) is 36.6 Å². The van der Waals surface area contributed by atoms with Crippen LogP contribution < -0.4 is 10.9 Å². The summed E-state index contributed by atoms with van der Waals surface area (Å²) in [4.78, 5) is 23.2. The standard InChI is InChI=1S/C13H12N2O3/c1-15-6-5-9(7-12(15)17)13(18)14-10-3-2-4-11(16)8-10/h2-8,16H,1H3,(H,14,18). The van der Waals surface area contributed by atoms with Crippen LogP contribution in [0.1, 0.15) is 10.4 Å².